The molecule has 1 aromatic rings. The molecule has 102 valence electrons. The van der Waals surface area contributed by atoms with Crippen molar-refractivity contribution >= 4 is 5.78 Å². The molecule has 19 heavy (non-hydrogen) atoms. The lowest BCUT2D eigenvalue weighted by Gasteiger charge is -2.12. The fourth-order valence-corrected chi connectivity index (χ4v) is 2.14. The maximum absolute atomic E-state index is 12.2. The van der Waals surface area contributed by atoms with Gasteiger partial charge in [-0.1, -0.05) is 11.6 Å². The molecular weight excluding hydrogens is 244 g/mol. The number of allylic oxidation sites excluding steroid dienone is 2. The summed E-state index contributed by atoms with van der Waals surface area (Å²) in [5, 5.41) is 0. The van der Waals surface area contributed by atoms with Gasteiger partial charge in [0.25, 0.3) is 0 Å². The number of carbonyl (C=O) groups excluding carboxylic acids is 1. The third-order valence-corrected chi connectivity index (χ3v) is 3.16. The second kappa shape index (κ2) is 6.31. The van der Waals surface area contributed by atoms with Crippen LogP contribution >= 0.6 is 0 Å². The lowest BCUT2D eigenvalue weighted by Crippen LogP contribution is -2.09. The molecule has 0 unspecified atom stereocenters. The number of hydrogen-bond donors (Lipinski definition) is 0. The highest BCUT2D eigenvalue weighted by Gasteiger charge is 2.18. The summed E-state index contributed by atoms with van der Waals surface area (Å²) in [6, 6.07) is 0. The normalized spacial score (nSPS) is 14.7. The van der Waals surface area contributed by atoms with Crippen LogP contribution in [0.3, 0.4) is 0 Å². The lowest BCUT2D eigenvalue weighted by molar-refractivity contribution is 0.0982. The first-order valence-corrected chi connectivity index (χ1v) is 6.40. The van der Waals surface area contributed by atoms with E-state index in [2.05, 4.69) is 16.0 Å². The Hall–Kier alpha value is -1.91. The second-order valence-electron chi connectivity index (χ2n) is 4.48. The van der Waals surface area contributed by atoms with E-state index < -0.39 is 0 Å². The van der Waals surface area contributed by atoms with Gasteiger partial charge in [-0.15, -0.1) is 0 Å². The molecule has 0 N–H and O–H groups in total. The summed E-state index contributed by atoms with van der Waals surface area (Å²) in [6.07, 6.45) is 8.42. The van der Waals surface area contributed by atoms with E-state index in [9.17, 15) is 4.79 Å². The molecule has 0 bridgehead atoms. The van der Waals surface area contributed by atoms with Gasteiger partial charge in [0.05, 0.1) is 20.4 Å². The highest BCUT2D eigenvalue weighted by molar-refractivity contribution is 5.97. The minimum atomic E-state index is -0.0554. The predicted octanol–water partition coefficient (Wildman–Crippen LogP) is 2.57. The van der Waals surface area contributed by atoms with Gasteiger partial charge in [0, 0.05) is 6.42 Å². The van der Waals surface area contributed by atoms with Crippen molar-refractivity contribution in [1.29, 1.82) is 0 Å². The average molecular weight is 262 g/mol. The molecule has 1 aromatic heterocycles. The Kier molecular flexibility index (Phi) is 4.49. The average Bonchev–Trinajstić information content (AvgIpc) is 2.47. The Labute approximate surface area is 112 Å². The molecule has 0 aromatic carbocycles. The zero-order valence-electron chi connectivity index (χ0n) is 11.3. The summed E-state index contributed by atoms with van der Waals surface area (Å²) in [4.78, 5) is 20.4. The molecule has 5 heteroatoms. The zero-order valence-corrected chi connectivity index (χ0v) is 11.3. The van der Waals surface area contributed by atoms with E-state index in [1.807, 2.05) is 0 Å². The fraction of sp³-hybridized carbons (Fsp3) is 0.500. The van der Waals surface area contributed by atoms with E-state index >= 15 is 0 Å². The number of hydrogen-bond acceptors (Lipinski definition) is 5. The highest BCUT2D eigenvalue weighted by atomic mass is 16.5. The standard InChI is InChI=1S/C14H18N2O3/c1-18-12-9-15-13(14(16-12)19-2)11(17)8-10-6-4-3-5-7-10/h6,9H,3-5,7-8H2,1-2H3. The maximum atomic E-state index is 12.2. The monoisotopic (exact) mass is 262 g/mol. The Morgan fingerprint density at radius 3 is 2.79 bits per heavy atom. The van der Waals surface area contributed by atoms with Gasteiger partial charge < -0.3 is 9.47 Å². The molecule has 0 amide bonds. The van der Waals surface area contributed by atoms with Crippen LogP contribution < -0.4 is 9.47 Å². The van der Waals surface area contributed by atoms with Gasteiger partial charge in [0.1, 0.15) is 0 Å². The van der Waals surface area contributed by atoms with Gasteiger partial charge in [-0.2, -0.15) is 4.98 Å². The molecular formula is C14H18N2O3. The number of nitrogens with zero attached hydrogens (tertiary/aromatic N) is 2. The Balaban J connectivity index is 2.16. The van der Waals surface area contributed by atoms with E-state index in [-0.39, 0.29) is 17.4 Å². The van der Waals surface area contributed by atoms with Crippen LogP contribution in [-0.4, -0.2) is 30.0 Å². The minimum absolute atomic E-state index is 0.0554. The van der Waals surface area contributed by atoms with Crippen molar-refractivity contribution in [3.63, 3.8) is 0 Å². The van der Waals surface area contributed by atoms with Gasteiger partial charge in [-0.25, -0.2) is 4.98 Å². The molecule has 0 fully saturated rings. The summed E-state index contributed by atoms with van der Waals surface area (Å²) in [5.74, 6) is 0.506. The first-order valence-electron chi connectivity index (χ1n) is 6.40. The van der Waals surface area contributed by atoms with Crippen molar-refractivity contribution in [3.8, 4) is 11.8 Å². The maximum Gasteiger partial charge on any atom is 0.246 e. The van der Waals surface area contributed by atoms with E-state index in [1.165, 1.54) is 32.4 Å². The molecule has 0 spiro atoms. The molecule has 0 saturated heterocycles. The molecule has 1 aliphatic carbocycles. The van der Waals surface area contributed by atoms with Crippen LogP contribution in [0.2, 0.25) is 0 Å². The smallest absolute Gasteiger partial charge is 0.246 e. The van der Waals surface area contributed by atoms with Crippen LogP contribution in [-0.2, 0) is 0 Å². The van der Waals surface area contributed by atoms with Crippen molar-refractivity contribution in [3.05, 3.63) is 23.5 Å². The summed E-state index contributed by atoms with van der Waals surface area (Å²) >= 11 is 0. The molecule has 1 aliphatic rings. The number of carbonyl (C=O) groups is 1. The Bertz CT molecular complexity index is 497. The Morgan fingerprint density at radius 2 is 2.16 bits per heavy atom. The first kappa shape index (κ1) is 13.5. The van der Waals surface area contributed by atoms with Crippen molar-refractivity contribution < 1.29 is 14.3 Å². The van der Waals surface area contributed by atoms with Crippen LogP contribution in [0.25, 0.3) is 0 Å². The topological polar surface area (TPSA) is 61.3 Å². The SMILES string of the molecule is COc1cnc(C(=O)CC2=CCCCC2)c(OC)n1. The lowest BCUT2D eigenvalue weighted by atomic mass is 9.95. The predicted molar refractivity (Wildman–Crippen MR) is 70.6 cm³/mol. The van der Waals surface area contributed by atoms with Crippen LogP contribution in [0.5, 0.6) is 11.8 Å². The molecule has 0 radical (unpaired) electrons. The second-order valence-corrected chi connectivity index (χ2v) is 4.48. The van der Waals surface area contributed by atoms with Crippen molar-refractivity contribution in [2.75, 3.05) is 14.2 Å². The molecule has 5 nitrogen and oxygen atoms in total. The van der Waals surface area contributed by atoms with E-state index in [4.69, 9.17) is 9.47 Å². The van der Waals surface area contributed by atoms with Crippen LogP contribution in [0.4, 0.5) is 0 Å². The number of ether oxygens (including phenoxy) is 2. The first-order chi connectivity index (χ1) is 9.24. The molecule has 1 heterocycles. The van der Waals surface area contributed by atoms with Crippen LogP contribution in [0.15, 0.2) is 17.8 Å². The number of aromatic nitrogens is 2. The van der Waals surface area contributed by atoms with Gasteiger partial charge in [0.2, 0.25) is 11.8 Å². The summed E-state index contributed by atoms with van der Waals surface area (Å²) in [6.45, 7) is 0. The van der Waals surface area contributed by atoms with E-state index in [0.717, 1.165) is 19.3 Å². The van der Waals surface area contributed by atoms with Crippen LogP contribution in [0, 0.1) is 0 Å². The quantitative estimate of drug-likeness (QED) is 0.603. The van der Waals surface area contributed by atoms with Gasteiger partial charge in [-0.3, -0.25) is 4.79 Å². The molecule has 0 saturated carbocycles. The Morgan fingerprint density at radius 1 is 1.32 bits per heavy atom. The minimum Gasteiger partial charge on any atom is -0.480 e. The largest absolute Gasteiger partial charge is 0.480 e. The van der Waals surface area contributed by atoms with Gasteiger partial charge in [-0.05, 0) is 25.7 Å². The number of methoxy groups -OCH3 is 2. The highest BCUT2D eigenvalue weighted by Crippen LogP contribution is 2.24. The van der Waals surface area contributed by atoms with E-state index in [1.54, 1.807) is 0 Å². The number of Topliss-reactive ketones (excluding diaryl/α,β-unsaturated/α-hetero) is 1. The zero-order chi connectivity index (χ0) is 13.7. The van der Waals surface area contributed by atoms with Gasteiger partial charge >= 0.3 is 0 Å². The third-order valence-electron chi connectivity index (χ3n) is 3.16. The van der Waals surface area contributed by atoms with Crippen LogP contribution in [0.1, 0.15) is 42.6 Å². The third kappa shape index (κ3) is 3.30. The molecule has 2 rings (SSSR count). The number of rotatable bonds is 5. The number of ketones is 1. The fourth-order valence-electron chi connectivity index (χ4n) is 2.14. The van der Waals surface area contributed by atoms with Crippen molar-refractivity contribution in [1.82, 2.24) is 9.97 Å². The summed E-state index contributed by atoms with van der Waals surface area (Å²) in [7, 11) is 2.97. The summed E-state index contributed by atoms with van der Waals surface area (Å²) in [5.41, 5.74) is 1.46. The molecule has 0 atom stereocenters. The van der Waals surface area contributed by atoms with E-state index in [0.29, 0.717) is 12.3 Å². The van der Waals surface area contributed by atoms with Crippen molar-refractivity contribution in [2.24, 2.45) is 0 Å². The van der Waals surface area contributed by atoms with Gasteiger partial charge in [0.15, 0.2) is 11.5 Å². The summed E-state index contributed by atoms with van der Waals surface area (Å²) < 4.78 is 10.1. The molecule has 0 aliphatic heterocycles. The van der Waals surface area contributed by atoms with Crippen molar-refractivity contribution in [2.45, 2.75) is 32.1 Å².